The van der Waals surface area contributed by atoms with E-state index in [-0.39, 0.29) is 5.91 Å². The summed E-state index contributed by atoms with van der Waals surface area (Å²) in [4.78, 5) is 17.1. The SMILES string of the molecule is Cc1cccc(-n2nc(CC(C)C)c(C(=O)NCc3cccnc3)c2C)c1. The number of hydrogen-bond donors (Lipinski definition) is 1. The first-order valence-corrected chi connectivity index (χ1v) is 9.28. The second kappa shape index (κ2) is 8.16. The third-order valence-corrected chi connectivity index (χ3v) is 4.44. The fourth-order valence-corrected chi connectivity index (χ4v) is 3.17. The molecule has 27 heavy (non-hydrogen) atoms. The standard InChI is InChI=1S/C22H26N4O/c1-15(2)11-20-21(22(27)24-14-18-8-6-10-23-13-18)17(4)26(25-20)19-9-5-7-16(3)12-19/h5-10,12-13,15H,11,14H2,1-4H3,(H,24,27). The van der Waals surface area contributed by atoms with E-state index < -0.39 is 0 Å². The van der Waals surface area contributed by atoms with Gasteiger partial charge in [0.15, 0.2) is 0 Å². The van der Waals surface area contributed by atoms with Crippen molar-refractivity contribution in [2.75, 3.05) is 0 Å². The predicted molar refractivity (Wildman–Crippen MR) is 107 cm³/mol. The minimum absolute atomic E-state index is 0.0918. The Morgan fingerprint density at radius 1 is 1.19 bits per heavy atom. The Bertz CT molecular complexity index is 929. The summed E-state index contributed by atoms with van der Waals surface area (Å²) in [6.07, 6.45) is 4.25. The number of carbonyl (C=O) groups excluding carboxylic acids is 1. The number of hydrogen-bond acceptors (Lipinski definition) is 3. The van der Waals surface area contributed by atoms with Gasteiger partial charge in [-0.15, -0.1) is 0 Å². The molecule has 5 nitrogen and oxygen atoms in total. The molecule has 140 valence electrons. The van der Waals surface area contributed by atoms with Crippen LogP contribution in [0.4, 0.5) is 0 Å². The van der Waals surface area contributed by atoms with Gasteiger partial charge in [-0.2, -0.15) is 5.10 Å². The van der Waals surface area contributed by atoms with E-state index in [1.807, 2.05) is 35.9 Å². The number of carbonyl (C=O) groups is 1. The molecule has 1 aromatic carbocycles. The van der Waals surface area contributed by atoms with E-state index in [2.05, 4.69) is 43.2 Å². The number of benzene rings is 1. The maximum atomic E-state index is 13.0. The van der Waals surface area contributed by atoms with Gasteiger partial charge < -0.3 is 5.32 Å². The van der Waals surface area contributed by atoms with Crippen LogP contribution in [0.1, 0.15) is 46.7 Å². The van der Waals surface area contributed by atoms with E-state index in [1.165, 1.54) is 0 Å². The Kier molecular flexibility index (Phi) is 5.69. The zero-order valence-corrected chi connectivity index (χ0v) is 16.4. The number of pyridine rings is 1. The number of nitrogens with zero attached hydrogens (tertiary/aromatic N) is 3. The monoisotopic (exact) mass is 362 g/mol. The van der Waals surface area contributed by atoms with Crippen molar-refractivity contribution < 1.29 is 4.79 Å². The van der Waals surface area contributed by atoms with Gasteiger partial charge in [-0.05, 0) is 55.5 Å². The lowest BCUT2D eigenvalue weighted by Gasteiger charge is -2.08. The van der Waals surface area contributed by atoms with Crippen molar-refractivity contribution in [2.45, 2.75) is 40.7 Å². The van der Waals surface area contributed by atoms with Crippen molar-refractivity contribution >= 4 is 5.91 Å². The molecule has 0 aliphatic rings. The van der Waals surface area contributed by atoms with Crippen molar-refractivity contribution in [3.05, 3.63) is 76.9 Å². The summed E-state index contributed by atoms with van der Waals surface area (Å²) >= 11 is 0. The molecule has 0 spiro atoms. The first-order valence-electron chi connectivity index (χ1n) is 9.28. The van der Waals surface area contributed by atoms with Crippen molar-refractivity contribution in [3.8, 4) is 5.69 Å². The van der Waals surface area contributed by atoms with Crippen LogP contribution in [0.15, 0.2) is 48.8 Å². The molecule has 0 saturated carbocycles. The second-order valence-electron chi connectivity index (χ2n) is 7.30. The Hall–Kier alpha value is -2.95. The highest BCUT2D eigenvalue weighted by atomic mass is 16.1. The van der Waals surface area contributed by atoms with E-state index in [9.17, 15) is 4.79 Å². The van der Waals surface area contributed by atoms with Crippen LogP contribution in [-0.2, 0) is 13.0 Å². The van der Waals surface area contributed by atoms with E-state index in [1.54, 1.807) is 12.4 Å². The van der Waals surface area contributed by atoms with Crippen LogP contribution in [0.3, 0.4) is 0 Å². The molecule has 0 aliphatic heterocycles. The van der Waals surface area contributed by atoms with E-state index >= 15 is 0 Å². The van der Waals surface area contributed by atoms with Crippen LogP contribution in [0.5, 0.6) is 0 Å². The lowest BCUT2D eigenvalue weighted by molar-refractivity contribution is 0.0949. The number of amides is 1. The first-order chi connectivity index (χ1) is 13.0. The van der Waals surface area contributed by atoms with E-state index in [0.29, 0.717) is 18.0 Å². The molecule has 3 rings (SSSR count). The van der Waals surface area contributed by atoms with Gasteiger partial charge in [0.2, 0.25) is 0 Å². The van der Waals surface area contributed by atoms with Crippen LogP contribution >= 0.6 is 0 Å². The van der Waals surface area contributed by atoms with Gasteiger partial charge >= 0.3 is 0 Å². The van der Waals surface area contributed by atoms with E-state index in [4.69, 9.17) is 5.10 Å². The highest BCUT2D eigenvalue weighted by Crippen LogP contribution is 2.21. The van der Waals surface area contributed by atoms with E-state index in [0.717, 1.165) is 34.6 Å². The second-order valence-corrected chi connectivity index (χ2v) is 7.30. The normalized spacial score (nSPS) is 11.0. The predicted octanol–water partition coefficient (Wildman–Crippen LogP) is 4.01. The number of aryl methyl sites for hydroxylation is 1. The van der Waals surface area contributed by atoms with Crippen LogP contribution < -0.4 is 5.32 Å². The van der Waals surface area contributed by atoms with Crippen molar-refractivity contribution in [1.29, 1.82) is 0 Å². The molecule has 5 heteroatoms. The zero-order valence-electron chi connectivity index (χ0n) is 16.4. The fraction of sp³-hybridized carbons (Fsp3) is 0.318. The van der Waals surface area contributed by atoms with Crippen molar-refractivity contribution in [2.24, 2.45) is 5.92 Å². The molecule has 2 aromatic heterocycles. The summed E-state index contributed by atoms with van der Waals surface area (Å²) in [7, 11) is 0. The molecule has 1 amide bonds. The molecule has 0 bridgehead atoms. The van der Waals surface area contributed by atoms with Crippen molar-refractivity contribution in [1.82, 2.24) is 20.1 Å². The Morgan fingerprint density at radius 2 is 2.00 bits per heavy atom. The van der Waals surface area contributed by atoms with Crippen LogP contribution in [0.25, 0.3) is 5.69 Å². The number of nitrogens with one attached hydrogen (secondary N) is 1. The Morgan fingerprint density at radius 3 is 2.67 bits per heavy atom. The average Bonchev–Trinajstić information content (AvgIpc) is 2.96. The Balaban J connectivity index is 1.93. The summed E-state index contributed by atoms with van der Waals surface area (Å²) in [6, 6.07) is 12.0. The Labute approximate surface area is 160 Å². The van der Waals surface area contributed by atoms with Crippen molar-refractivity contribution in [3.63, 3.8) is 0 Å². The first kappa shape index (κ1) is 18.8. The molecule has 0 saturated heterocycles. The minimum Gasteiger partial charge on any atom is -0.348 e. The maximum absolute atomic E-state index is 13.0. The zero-order chi connectivity index (χ0) is 19.4. The molecule has 0 fully saturated rings. The highest BCUT2D eigenvalue weighted by Gasteiger charge is 2.22. The van der Waals surface area contributed by atoms with Crippen LogP contribution in [0.2, 0.25) is 0 Å². The third-order valence-electron chi connectivity index (χ3n) is 4.44. The lowest BCUT2D eigenvalue weighted by atomic mass is 10.0. The van der Waals surface area contributed by atoms with Crippen LogP contribution in [-0.4, -0.2) is 20.7 Å². The molecule has 0 aliphatic carbocycles. The molecular formula is C22H26N4O. The smallest absolute Gasteiger partial charge is 0.255 e. The maximum Gasteiger partial charge on any atom is 0.255 e. The van der Waals surface area contributed by atoms with Gasteiger partial charge in [-0.3, -0.25) is 9.78 Å². The quantitative estimate of drug-likeness (QED) is 0.721. The molecule has 2 heterocycles. The summed E-state index contributed by atoms with van der Waals surface area (Å²) < 4.78 is 1.88. The van der Waals surface area contributed by atoms with Gasteiger partial charge in [0.05, 0.1) is 22.6 Å². The molecule has 3 aromatic rings. The number of rotatable bonds is 6. The molecule has 0 unspecified atom stereocenters. The largest absolute Gasteiger partial charge is 0.348 e. The summed E-state index contributed by atoms with van der Waals surface area (Å²) in [6.45, 7) is 8.73. The van der Waals surface area contributed by atoms with Gasteiger partial charge in [0, 0.05) is 18.9 Å². The van der Waals surface area contributed by atoms with Gasteiger partial charge in [0.1, 0.15) is 0 Å². The third kappa shape index (κ3) is 4.42. The summed E-state index contributed by atoms with van der Waals surface area (Å²) in [5, 5.41) is 7.79. The minimum atomic E-state index is -0.0918. The average molecular weight is 362 g/mol. The van der Waals surface area contributed by atoms with Crippen LogP contribution in [0, 0.1) is 19.8 Å². The molecule has 0 atom stereocenters. The molecule has 0 radical (unpaired) electrons. The number of aromatic nitrogens is 3. The lowest BCUT2D eigenvalue weighted by Crippen LogP contribution is -2.24. The highest BCUT2D eigenvalue weighted by molar-refractivity contribution is 5.96. The topological polar surface area (TPSA) is 59.8 Å². The summed E-state index contributed by atoms with van der Waals surface area (Å²) in [5.41, 5.74) is 5.49. The van der Waals surface area contributed by atoms with Gasteiger partial charge in [0.25, 0.3) is 5.91 Å². The molecular weight excluding hydrogens is 336 g/mol. The molecule has 1 N–H and O–H groups in total. The summed E-state index contributed by atoms with van der Waals surface area (Å²) in [5.74, 6) is 0.320. The fourth-order valence-electron chi connectivity index (χ4n) is 3.17. The van der Waals surface area contributed by atoms with Gasteiger partial charge in [-0.1, -0.05) is 32.0 Å². The van der Waals surface area contributed by atoms with Gasteiger partial charge in [-0.25, -0.2) is 4.68 Å².